The fourth-order valence-electron chi connectivity index (χ4n) is 3.21. The minimum atomic E-state index is -0.239. The minimum absolute atomic E-state index is 0.124. The number of hydrogen-bond donors (Lipinski definition) is 2. The molecule has 0 radical (unpaired) electrons. The molecule has 1 aliphatic rings. The largest absolute Gasteiger partial charge is 0.388 e. The lowest BCUT2D eigenvalue weighted by Gasteiger charge is -2.31. The lowest BCUT2D eigenvalue weighted by molar-refractivity contribution is 0.270. The Morgan fingerprint density at radius 2 is 2.22 bits per heavy atom. The first-order chi connectivity index (χ1) is 11.2. The number of H-pyrrole nitrogens is 1. The van der Waals surface area contributed by atoms with Gasteiger partial charge < -0.3 is 19.5 Å². The van der Waals surface area contributed by atoms with Crippen molar-refractivity contribution >= 4 is 5.82 Å². The third-order valence-corrected chi connectivity index (χ3v) is 4.59. The Balaban J connectivity index is 1.55. The van der Waals surface area contributed by atoms with Crippen LogP contribution in [0.15, 0.2) is 21.6 Å². The van der Waals surface area contributed by atoms with Gasteiger partial charge in [-0.3, -0.25) is 4.79 Å². The van der Waals surface area contributed by atoms with Gasteiger partial charge in [0.05, 0.1) is 0 Å². The first-order valence-corrected chi connectivity index (χ1v) is 8.02. The molecule has 23 heavy (non-hydrogen) atoms. The second-order valence-electron chi connectivity index (χ2n) is 6.06. The van der Waals surface area contributed by atoms with E-state index in [9.17, 15) is 4.79 Å². The molecule has 0 spiro atoms. The molecule has 1 aliphatic heterocycles. The number of anilines is 1. The van der Waals surface area contributed by atoms with Crippen LogP contribution in [0.1, 0.15) is 36.3 Å². The summed E-state index contributed by atoms with van der Waals surface area (Å²) in [5.74, 6) is 1.84. The van der Waals surface area contributed by atoms with E-state index in [4.69, 9.17) is 9.63 Å². The summed E-state index contributed by atoms with van der Waals surface area (Å²) in [4.78, 5) is 21.2. The number of hydrogen-bond acceptors (Lipinski definition) is 6. The zero-order valence-corrected chi connectivity index (χ0v) is 13.3. The molecule has 3 heterocycles. The maximum atomic E-state index is 12.1. The topological polar surface area (TPSA) is 95.2 Å². The molecule has 0 saturated carbocycles. The van der Waals surface area contributed by atoms with E-state index in [0.717, 1.165) is 55.8 Å². The summed E-state index contributed by atoms with van der Waals surface area (Å²) in [5, 5.41) is 13.0. The van der Waals surface area contributed by atoms with E-state index in [1.165, 1.54) is 0 Å². The molecule has 124 valence electrons. The predicted octanol–water partition coefficient (Wildman–Crippen LogP) is 1.41. The second kappa shape index (κ2) is 6.95. The highest BCUT2D eigenvalue weighted by atomic mass is 16.5. The number of aliphatic hydroxyl groups excluding tert-OH is 1. The third kappa shape index (κ3) is 3.61. The van der Waals surface area contributed by atoms with E-state index >= 15 is 0 Å². The predicted molar refractivity (Wildman–Crippen MR) is 85.3 cm³/mol. The van der Waals surface area contributed by atoms with Gasteiger partial charge in [0.25, 0.3) is 5.56 Å². The SMILES string of the molecule is Cc1nc(CO)[nH]c(=O)c1CCC1CCN(c2ccon2)CC1. The number of aryl methyl sites for hydroxylation is 1. The van der Waals surface area contributed by atoms with E-state index in [0.29, 0.717) is 11.7 Å². The number of aromatic nitrogens is 3. The fourth-order valence-corrected chi connectivity index (χ4v) is 3.21. The van der Waals surface area contributed by atoms with E-state index in [1.54, 1.807) is 6.26 Å². The number of rotatable bonds is 5. The molecule has 0 amide bonds. The van der Waals surface area contributed by atoms with Crippen molar-refractivity contribution in [2.24, 2.45) is 5.92 Å². The Morgan fingerprint density at radius 3 is 2.83 bits per heavy atom. The quantitative estimate of drug-likeness (QED) is 0.865. The molecule has 2 N–H and O–H groups in total. The summed E-state index contributed by atoms with van der Waals surface area (Å²) in [7, 11) is 0. The summed E-state index contributed by atoms with van der Waals surface area (Å²) in [6, 6.07) is 1.89. The monoisotopic (exact) mass is 318 g/mol. The smallest absolute Gasteiger partial charge is 0.254 e. The third-order valence-electron chi connectivity index (χ3n) is 4.59. The number of nitrogens with one attached hydrogen (secondary N) is 1. The van der Waals surface area contributed by atoms with Gasteiger partial charge in [-0.2, -0.15) is 0 Å². The maximum Gasteiger partial charge on any atom is 0.254 e. The first kappa shape index (κ1) is 15.7. The zero-order chi connectivity index (χ0) is 16.2. The van der Waals surface area contributed by atoms with Gasteiger partial charge in [-0.1, -0.05) is 5.16 Å². The Morgan fingerprint density at radius 1 is 1.43 bits per heavy atom. The maximum absolute atomic E-state index is 12.1. The van der Waals surface area contributed by atoms with Crippen LogP contribution in [-0.2, 0) is 13.0 Å². The van der Waals surface area contributed by atoms with Gasteiger partial charge in [0.1, 0.15) is 18.7 Å². The van der Waals surface area contributed by atoms with Crippen LogP contribution in [0.4, 0.5) is 5.82 Å². The van der Waals surface area contributed by atoms with Crippen molar-refractivity contribution in [1.82, 2.24) is 15.1 Å². The molecule has 7 heteroatoms. The minimum Gasteiger partial charge on any atom is -0.388 e. The van der Waals surface area contributed by atoms with E-state index in [2.05, 4.69) is 20.0 Å². The molecule has 1 fully saturated rings. The highest BCUT2D eigenvalue weighted by Gasteiger charge is 2.21. The van der Waals surface area contributed by atoms with Crippen molar-refractivity contribution in [2.45, 2.75) is 39.2 Å². The van der Waals surface area contributed by atoms with Crippen molar-refractivity contribution in [2.75, 3.05) is 18.0 Å². The van der Waals surface area contributed by atoms with Crippen molar-refractivity contribution in [1.29, 1.82) is 0 Å². The van der Waals surface area contributed by atoms with Gasteiger partial charge in [0.2, 0.25) is 0 Å². The Labute approximate surface area is 134 Å². The normalized spacial score (nSPS) is 16.0. The van der Waals surface area contributed by atoms with E-state index < -0.39 is 0 Å². The van der Waals surface area contributed by atoms with Gasteiger partial charge in [-0.05, 0) is 38.5 Å². The van der Waals surface area contributed by atoms with Crippen LogP contribution in [-0.4, -0.2) is 33.3 Å². The molecule has 0 atom stereocenters. The van der Waals surface area contributed by atoms with Crippen LogP contribution in [0.2, 0.25) is 0 Å². The standard InChI is InChI=1S/C16H22N4O3/c1-11-13(16(22)18-14(10-21)17-11)3-2-12-4-7-20(8-5-12)15-6-9-23-19-15/h6,9,12,21H,2-5,7-8,10H2,1H3,(H,17,18,22). The van der Waals surface area contributed by atoms with Gasteiger partial charge in [-0.25, -0.2) is 4.98 Å². The molecule has 0 unspecified atom stereocenters. The summed E-state index contributed by atoms with van der Waals surface area (Å²) < 4.78 is 4.89. The first-order valence-electron chi connectivity index (χ1n) is 8.02. The van der Waals surface area contributed by atoms with Crippen molar-refractivity contribution in [3.63, 3.8) is 0 Å². The second-order valence-corrected chi connectivity index (χ2v) is 6.06. The Hall–Kier alpha value is -2.15. The molecule has 2 aromatic rings. The van der Waals surface area contributed by atoms with E-state index in [1.807, 2.05) is 13.0 Å². The number of nitrogens with zero attached hydrogens (tertiary/aromatic N) is 3. The average molecular weight is 318 g/mol. The summed E-state index contributed by atoms with van der Waals surface area (Å²) in [6.07, 6.45) is 5.49. The van der Waals surface area contributed by atoms with Crippen LogP contribution in [0.25, 0.3) is 0 Å². The van der Waals surface area contributed by atoms with Crippen LogP contribution in [0, 0.1) is 12.8 Å². The molecule has 2 aromatic heterocycles. The van der Waals surface area contributed by atoms with Crippen molar-refractivity contribution < 1.29 is 9.63 Å². The fraction of sp³-hybridized carbons (Fsp3) is 0.562. The zero-order valence-electron chi connectivity index (χ0n) is 13.3. The molecular weight excluding hydrogens is 296 g/mol. The Kier molecular flexibility index (Phi) is 4.76. The number of aliphatic hydroxyl groups is 1. The molecule has 0 aliphatic carbocycles. The van der Waals surface area contributed by atoms with Crippen molar-refractivity contribution in [3.05, 3.63) is 39.8 Å². The summed E-state index contributed by atoms with van der Waals surface area (Å²) >= 11 is 0. The molecule has 7 nitrogen and oxygen atoms in total. The van der Waals surface area contributed by atoms with Gasteiger partial charge in [0, 0.05) is 30.4 Å². The molecule has 1 saturated heterocycles. The average Bonchev–Trinajstić information content (AvgIpc) is 3.09. The lowest BCUT2D eigenvalue weighted by atomic mass is 9.90. The Bertz CT molecular complexity index is 688. The van der Waals surface area contributed by atoms with Crippen LogP contribution < -0.4 is 10.5 Å². The van der Waals surface area contributed by atoms with Crippen LogP contribution in [0.5, 0.6) is 0 Å². The van der Waals surface area contributed by atoms with Gasteiger partial charge in [0.15, 0.2) is 5.82 Å². The van der Waals surface area contributed by atoms with Crippen LogP contribution in [0.3, 0.4) is 0 Å². The molecule has 3 rings (SSSR count). The number of aromatic amines is 1. The summed E-state index contributed by atoms with van der Waals surface area (Å²) in [5.41, 5.74) is 1.33. The number of piperidine rings is 1. The highest BCUT2D eigenvalue weighted by molar-refractivity contribution is 5.35. The molecular formula is C16H22N4O3. The summed E-state index contributed by atoms with van der Waals surface area (Å²) in [6.45, 7) is 3.52. The molecule has 0 bridgehead atoms. The van der Waals surface area contributed by atoms with Gasteiger partial charge >= 0.3 is 0 Å². The molecule has 0 aromatic carbocycles. The highest BCUT2D eigenvalue weighted by Crippen LogP contribution is 2.25. The van der Waals surface area contributed by atoms with Crippen molar-refractivity contribution in [3.8, 4) is 0 Å². The van der Waals surface area contributed by atoms with E-state index in [-0.39, 0.29) is 12.2 Å². The lowest BCUT2D eigenvalue weighted by Crippen LogP contribution is -2.34. The van der Waals surface area contributed by atoms with Gasteiger partial charge in [-0.15, -0.1) is 0 Å². The van der Waals surface area contributed by atoms with Crippen LogP contribution >= 0.6 is 0 Å².